The molecule has 2 aromatic rings. The zero-order valence-corrected chi connectivity index (χ0v) is 12.3. The number of hydrogen-bond acceptors (Lipinski definition) is 4. The minimum atomic E-state index is 0.388. The second-order valence-electron chi connectivity index (χ2n) is 4.89. The van der Waals surface area contributed by atoms with Crippen LogP contribution in [-0.4, -0.2) is 34.5 Å². The first-order valence-corrected chi connectivity index (χ1v) is 6.91. The lowest BCUT2D eigenvalue weighted by Crippen LogP contribution is -2.33. The fraction of sp³-hybridized carbons (Fsp3) is 0.467. The summed E-state index contributed by atoms with van der Waals surface area (Å²) >= 11 is 0. The van der Waals surface area contributed by atoms with Gasteiger partial charge in [-0.3, -0.25) is 4.68 Å². The van der Waals surface area contributed by atoms with E-state index in [1.807, 2.05) is 30.2 Å². The molecule has 1 unspecified atom stereocenters. The third-order valence-corrected chi connectivity index (χ3v) is 3.22. The first kappa shape index (κ1) is 14.5. The van der Waals surface area contributed by atoms with E-state index in [0.29, 0.717) is 11.9 Å². The number of ether oxygens (including phenoxy) is 1. The number of methoxy groups -OCH3 is 1. The highest BCUT2D eigenvalue weighted by Gasteiger charge is 2.11. The fourth-order valence-electron chi connectivity index (χ4n) is 2.30. The highest BCUT2D eigenvalue weighted by molar-refractivity contribution is 5.19. The van der Waals surface area contributed by atoms with Gasteiger partial charge < -0.3 is 10.1 Å². The maximum Gasteiger partial charge on any atom is 0.212 e. The highest BCUT2D eigenvalue weighted by Crippen LogP contribution is 2.11. The van der Waals surface area contributed by atoms with Crippen molar-refractivity contribution in [3.8, 4) is 5.88 Å². The van der Waals surface area contributed by atoms with Crippen molar-refractivity contribution < 1.29 is 4.74 Å². The minimum absolute atomic E-state index is 0.388. The van der Waals surface area contributed by atoms with Gasteiger partial charge in [0.2, 0.25) is 5.88 Å². The molecule has 0 fully saturated rings. The molecule has 0 aliphatic rings. The van der Waals surface area contributed by atoms with Crippen molar-refractivity contribution in [3.05, 3.63) is 41.9 Å². The van der Waals surface area contributed by atoms with E-state index in [2.05, 4.69) is 34.6 Å². The number of pyridine rings is 1. The molecule has 0 bridgehead atoms. The highest BCUT2D eigenvalue weighted by atomic mass is 16.5. The van der Waals surface area contributed by atoms with Gasteiger partial charge in [0.1, 0.15) is 0 Å². The topological polar surface area (TPSA) is 52.0 Å². The summed E-state index contributed by atoms with van der Waals surface area (Å²) in [4.78, 5) is 4.26. The molecule has 0 saturated heterocycles. The average molecular weight is 274 g/mol. The summed E-state index contributed by atoms with van der Waals surface area (Å²) in [5.74, 6) is 0.654. The van der Waals surface area contributed by atoms with E-state index in [1.54, 1.807) is 7.11 Å². The molecule has 20 heavy (non-hydrogen) atoms. The van der Waals surface area contributed by atoms with E-state index in [9.17, 15) is 0 Å². The van der Waals surface area contributed by atoms with Crippen LogP contribution < -0.4 is 10.1 Å². The Bertz CT molecular complexity index is 521. The molecule has 2 heterocycles. The van der Waals surface area contributed by atoms with Gasteiger partial charge in [-0.05, 0) is 30.5 Å². The van der Waals surface area contributed by atoms with Crippen LogP contribution >= 0.6 is 0 Å². The Balaban J connectivity index is 2.00. The van der Waals surface area contributed by atoms with Gasteiger partial charge >= 0.3 is 0 Å². The Hall–Kier alpha value is -1.88. The number of nitrogens with one attached hydrogen (secondary N) is 1. The van der Waals surface area contributed by atoms with Crippen LogP contribution in [0.25, 0.3) is 0 Å². The van der Waals surface area contributed by atoms with Crippen LogP contribution in [0.15, 0.2) is 30.7 Å². The summed E-state index contributed by atoms with van der Waals surface area (Å²) in [5, 5.41) is 7.74. The van der Waals surface area contributed by atoms with Crippen LogP contribution in [-0.2, 0) is 19.9 Å². The summed E-state index contributed by atoms with van der Waals surface area (Å²) in [6.07, 6.45) is 7.78. The molecule has 0 aromatic carbocycles. The average Bonchev–Trinajstić information content (AvgIpc) is 2.85. The van der Waals surface area contributed by atoms with Crippen LogP contribution in [0.5, 0.6) is 5.88 Å². The maximum absolute atomic E-state index is 5.08. The van der Waals surface area contributed by atoms with Gasteiger partial charge in [-0.25, -0.2) is 4.98 Å². The number of hydrogen-bond donors (Lipinski definition) is 1. The largest absolute Gasteiger partial charge is 0.481 e. The molecule has 0 aliphatic heterocycles. The lowest BCUT2D eigenvalue weighted by molar-refractivity contribution is 0.397. The number of aromatic nitrogens is 3. The molecule has 0 radical (unpaired) electrons. The fourth-order valence-corrected chi connectivity index (χ4v) is 2.30. The molecule has 0 aliphatic carbocycles. The first-order chi connectivity index (χ1) is 9.71. The second-order valence-corrected chi connectivity index (χ2v) is 4.89. The molecular weight excluding hydrogens is 252 g/mol. The molecule has 0 spiro atoms. The Morgan fingerprint density at radius 3 is 2.60 bits per heavy atom. The summed E-state index contributed by atoms with van der Waals surface area (Å²) in [7, 11) is 3.57. The molecule has 2 rings (SSSR count). The van der Waals surface area contributed by atoms with Crippen LogP contribution in [0.1, 0.15) is 18.1 Å². The van der Waals surface area contributed by atoms with Crippen LogP contribution in [0.3, 0.4) is 0 Å². The summed E-state index contributed by atoms with van der Waals surface area (Å²) in [6, 6.07) is 4.36. The minimum Gasteiger partial charge on any atom is -0.481 e. The molecule has 0 amide bonds. The second kappa shape index (κ2) is 7.05. The quantitative estimate of drug-likeness (QED) is 0.833. The lowest BCUT2D eigenvalue weighted by Gasteiger charge is -2.17. The van der Waals surface area contributed by atoms with Gasteiger partial charge in [-0.15, -0.1) is 0 Å². The zero-order valence-electron chi connectivity index (χ0n) is 12.3. The normalized spacial score (nSPS) is 12.3. The smallest absolute Gasteiger partial charge is 0.212 e. The monoisotopic (exact) mass is 274 g/mol. The SMILES string of the molecule is CCNC(Cc1ccc(OC)nc1)Cc1cnn(C)c1. The van der Waals surface area contributed by atoms with E-state index < -0.39 is 0 Å². The van der Waals surface area contributed by atoms with Gasteiger partial charge in [-0.2, -0.15) is 5.10 Å². The third-order valence-electron chi connectivity index (χ3n) is 3.22. The molecule has 5 heteroatoms. The number of nitrogens with zero attached hydrogens (tertiary/aromatic N) is 3. The lowest BCUT2D eigenvalue weighted by atomic mass is 10.0. The Morgan fingerprint density at radius 1 is 1.25 bits per heavy atom. The summed E-state index contributed by atoms with van der Waals surface area (Å²) in [6.45, 7) is 3.08. The van der Waals surface area contributed by atoms with Gasteiger partial charge in [0.25, 0.3) is 0 Å². The molecule has 0 saturated carbocycles. The van der Waals surface area contributed by atoms with Crippen molar-refractivity contribution in [2.24, 2.45) is 7.05 Å². The van der Waals surface area contributed by atoms with Crippen LogP contribution in [0, 0.1) is 0 Å². The van der Waals surface area contributed by atoms with Gasteiger partial charge in [0, 0.05) is 31.5 Å². The van der Waals surface area contributed by atoms with E-state index >= 15 is 0 Å². The molecule has 2 aromatic heterocycles. The van der Waals surface area contributed by atoms with E-state index in [0.717, 1.165) is 19.4 Å². The first-order valence-electron chi connectivity index (χ1n) is 6.91. The van der Waals surface area contributed by atoms with Crippen molar-refractivity contribution in [3.63, 3.8) is 0 Å². The van der Waals surface area contributed by atoms with Gasteiger partial charge in [0.05, 0.1) is 13.3 Å². The Kier molecular flexibility index (Phi) is 5.12. The maximum atomic E-state index is 5.08. The van der Waals surface area contributed by atoms with Crippen molar-refractivity contribution in [1.29, 1.82) is 0 Å². The summed E-state index contributed by atoms with van der Waals surface area (Å²) < 4.78 is 6.92. The van der Waals surface area contributed by atoms with Crippen molar-refractivity contribution in [1.82, 2.24) is 20.1 Å². The van der Waals surface area contributed by atoms with Gasteiger partial charge in [-0.1, -0.05) is 13.0 Å². The van der Waals surface area contributed by atoms with Crippen LogP contribution in [0.2, 0.25) is 0 Å². The Labute approximate surface area is 120 Å². The molecule has 1 atom stereocenters. The van der Waals surface area contributed by atoms with Crippen molar-refractivity contribution >= 4 is 0 Å². The van der Waals surface area contributed by atoms with E-state index in [4.69, 9.17) is 4.74 Å². The van der Waals surface area contributed by atoms with Gasteiger partial charge in [0.15, 0.2) is 0 Å². The van der Waals surface area contributed by atoms with Crippen molar-refractivity contribution in [2.45, 2.75) is 25.8 Å². The predicted octanol–water partition coefficient (Wildman–Crippen LogP) is 1.59. The predicted molar refractivity (Wildman–Crippen MR) is 78.9 cm³/mol. The number of rotatable bonds is 7. The van der Waals surface area contributed by atoms with Crippen LogP contribution in [0.4, 0.5) is 0 Å². The number of likely N-dealkylation sites (N-methyl/N-ethyl adjacent to an activating group) is 1. The standard InChI is InChI=1S/C15H22N4O/c1-4-16-14(8-13-10-18-19(2)11-13)7-12-5-6-15(20-3)17-9-12/h5-6,9-11,14,16H,4,7-8H2,1-3H3. The molecule has 1 N–H and O–H groups in total. The zero-order chi connectivity index (χ0) is 14.4. The molecular formula is C15H22N4O. The number of aryl methyl sites for hydroxylation is 1. The Morgan fingerprint density at radius 2 is 2.05 bits per heavy atom. The third kappa shape index (κ3) is 4.06. The van der Waals surface area contributed by atoms with Crippen molar-refractivity contribution in [2.75, 3.05) is 13.7 Å². The summed E-state index contributed by atoms with van der Waals surface area (Å²) in [5.41, 5.74) is 2.46. The van der Waals surface area contributed by atoms with E-state index in [1.165, 1.54) is 11.1 Å². The molecule has 108 valence electrons. The molecule has 5 nitrogen and oxygen atoms in total. The van der Waals surface area contributed by atoms with E-state index in [-0.39, 0.29) is 0 Å².